The fraction of sp³-hybridized carbons (Fsp3) is 0.125. The van der Waals surface area contributed by atoms with Crippen molar-refractivity contribution in [2.45, 2.75) is 13.0 Å². The molecule has 0 bridgehead atoms. The number of hydrogen-bond acceptors (Lipinski definition) is 6. The number of aromatic nitrogens is 4. The summed E-state index contributed by atoms with van der Waals surface area (Å²) in [6, 6.07) is 9.71. The number of nitrogens with one attached hydrogen (secondary N) is 1. The van der Waals surface area contributed by atoms with Gasteiger partial charge in [-0.1, -0.05) is 12.1 Å². The summed E-state index contributed by atoms with van der Waals surface area (Å²) < 4.78 is 1.86. The van der Waals surface area contributed by atoms with E-state index in [1.54, 1.807) is 22.7 Å². The van der Waals surface area contributed by atoms with Gasteiger partial charge in [0.05, 0.1) is 23.5 Å². The number of carbonyl (C=O) groups is 1. The highest BCUT2D eigenvalue weighted by molar-refractivity contribution is 7.20. The number of rotatable bonds is 5. The van der Waals surface area contributed by atoms with Crippen LogP contribution in [0, 0.1) is 0 Å². The third kappa shape index (κ3) is 3.06. The molecule has 0 aliphatic carbocycles. The van der Waals surface area contributed by atoms with Crippen molar-refractivity contribution in [1.29, 1.82) is 0 Å². The minimum Gasteiger partial charge on any atom is -0.348 e. The Balaban J connectivity index is 1.38. The van der Waals surface area contributed by atoms with E-state index in [1.807, 2.05) is 51.7 Å². The molecule has 8 heteroatoms. The van der Waals surface area contributed by atoms with Crippen molar-refractivity contribution in [3.05, 3.63) is 58.8 Å². The Kier molecular flexibility index (Phi) is 4.06. The lowest BCUT2D eigenvalue weighted by Gasteiger charge is -2.02. The summed E-state index contributed by atoms with van der Waals surface area (Å²) in [5.74, 6) is 0.627. The molecule has 4 aromatic rings. The molecule has 0 unspecified atom stereocenters. The quantitative estimate of drug-likeness (QED) is 0.597. The maximum absolute atomic E-state index is 12.1. The van der Waals surface area contributed by atoms with E-state index in [1.165, 1.54) is 0 Å². The van der Waals surface area contributed by atoms with E-state index < -0.39 is 0 Å². The van der Waals surface area contributed by atoms with E-state index >= 15 is 0 Å². The van der Waals surface area contributed by atoms with Gasteiger partial charge in [0.15, 0.2) is 11.5 Å². The molecule has 4 heterocycles. The van der Waals surface area contributed by atoms with Gasteiger partial charge in [-0.15, -0.1) is 32.9 Å². The lowest BCUT2D eigenvalue weighted by molar-refractivity contribution is -0.120. The van der Waals surface area contributed by atoms with E-state index in [2.05, 4.69) is 20.5 Å². The fourth-order valence-electron chi connectivity index (χ4n) is 2.32. The number of carbonyl (C=O) groups excluding carboxylic acids is 1. The number of pyridine rings is 1. The largest absolute Gasteiger partial charge is 0.348 e. The van der Waals surface area contributed by atoms with Gasteiger partial charge >= 0.3 is 0 Å². The summed E-state index contributed by atoms with van der Waals surface area (Å²) in [7, 11) is 0. The van der Waals surface area contributed by atoms with Crippen LogP contribution in [0.4, 0.5) is 0 Å². The van der Waals surface area contributed by atoms with Crippen LogP contribution in [0.2, 0.25) is 0 Å². The zero-order valence-corrected chi connectivity index (χ0v) is 14.2. The van der Waals surface area contributed by atoms with Gasteiger partial charge in [0.1, 0.15) is 5.01 Å². The number of thiazole rings is 1. The van der Waals surface area contributed by atoms with Crippen LogP contribution in [0.5, 0.6) is 0 Å². The fourth-order valence-corrected chi connectivity index (χ4v) is 3.95. The Labute approximate surface area is 145 Å². The molecule has 0 saturated heterocycles. The smallest absolute Gasteiger partial charge is 0.226 e. The van der Waals surface area contributed by atoms with Gasteiger partial charge in [-0.3, -0.25) is 9.20 Å². The first kappa shape index (κ1) is 15.0. The van der Waals surface area contributed by atoms with Gasteiger partial charge in [-0.25, -0.2) is 4.98 Å². The van der Waals surface area contributed by atoms with Crippen LogP contribution in [0.15, 0.2) is 47.3 Å². The number of hydrogen-bond donors (Lipinski definition) is 1. The normalized spacial score (nSPS) is 11.0. The van der Waals surface area contributed by atoms with Crippen molar-refractivity contribution >= 4 is 34.2 Å². The zero-order chi connectivity index (χ0) is 16.4. The molecule has 4 aromatic heterocycles. The van der Waals surface area contributed by atoms with E-state index in [0.29, 0.717) is 12.4 Å². The van der Waals surface area contributed by atoms with Gasteiger partial charge in [0.2, 0.25) is 5.91 Å². The molecule has 4 rings (SSSR count). The third-order valence-corrected chi connectivity index (χ3v) is 5.38. The first-order valence-electron chi connectivity index (χ1n) is 7.33. The van der Waals surface area contributed by atoms with Crippen LogP contribution in [0.25, 0.3) is 15.5 Å². The molecule has 0 radical (unpaired) electrons. The van der Waals surface area contributed by atoms with Crippen molar-refractivity contribution in [3.8, 4) is 9.88 Å². The molecular formula is C16H13N5OS2. The number of nitrogens with zero attached hydrogens (tertiary/aromatic N) is 4. The lowest BCUT2D eigenvalue weighted by atomic mass is 10.3. The van der Waals surface area contributed by atoms with Gasteiger partial charge in [0, 0.05) is 11.6 Å². The maximum atomic E-state index is 12.1. The van der Waals surface area contributed by atoms with Gasteiger partial charge in [-0.05, 0) is 23.6 Å². The monoisotopic (exact) mass is 355 g/mol. The van der Waals surface area contributed by atoms with Crippen molar-refractivity contribution in [2.24, 2.45) is 0 Å². The summed E-state index contributed by atoms with van der Waals surface area (Å²) in [6.07, 6.45) is 2.14. The Hall–Kier alpha value is -2.58. The second-order valence-electron chi connectivity index (χ2n) is 5.12. The van der Waals surface area contributed by atoms with Crippen LogP contribution in [0.3, 0.4) is 0 Å². The number of thiophene rings is 1. The highest BCUT2D eigenvalue weighted by Gasteiger charge is 2.11. The molecule has 6 nitrogen and oxygen atoms in total. The zero-order valence-electron chi connectivity index (χ0n) is 12.5. The van der Waals surface area contributed by atoms with Crippen LogP contribution < -0.4 is 5.32 Å². The minimum atomic E-state index is -0.0780. The van der Waals surface area contributed by atoms with Crippen molar-refractivity contribution < 1.29 is 4.79 Å². The van der Waals surface area contributed by atoms with Crippen molar-refractivity contribution in [3.63, 3.8) is 0 Å². The predicted molar refractivity (Wildman–Crippen MR) is 94.0 cm³/mol. The molecule has 0 saturated carbocycles. The molecule has 1 N–H and O–H groups in total. The molecule has 0 aromatic carbocycles. The van der Waals surface area contributed by atoms with E-state index in [9.17, 15) is 4.79 Å². The molecule has 0 spiro atoms. The average molecular weight is 355 g/mol. The van der Waals surface area contributed by atoms with Crippen molar-refractivity contribution in [2.75, 3.05) is 0 Å². The Bertz CT molecular complexity index is 973. The van der Waals surface area contributed by atoms with E-state index in [-0.39, 0.29) is 12.3 Å². The van der Waals surface area contributed by atoms with Gasteiger partial charge in [0.25, 0.3) is 0 Å². The molecule has 0 aliphatic rings. The SMILES string of the molecule is O=C(Cc1csc(-c2cccs2)n1)NCc1nnc2ccccn12. The van der Waals surface area contributed by atoms with Crippen molar-refractivity contribution in [1.82, 2.24) is 24.9 Å². The van der Waals surface area contributed by atoms with Crippen LogP contribution in [-0.2, 0) is 17.8 Å². The van der Waals surface area contributed by atoms with Gasteiger partial charge in [-0.2, -0.15) is 0 Å². The molecule has 0 aliphatic heterocycles. The highest BCUT2D eigenvalue weighted by atomic mass is 32.1. The first-order valence-corrected chi connectivity index (χ1v) is 9.09. The Morgan fingerprint density at radius 2 is 2.12 bits per heavy atom. The van der Waals surface area contributed by atoms with Crippen LogP contribution in [0.1, 0.15) is 11.5 Å². The minimum absolute atomic E-state index is 0.0780. The summed E-state index contributed by atoms with van der Waals surface area (Å²) in [5, 5.41) is 15.9. The topological polar surface area (TPSA) is 72.2 Å². The van der Waals surface area contributed by atoms with Gasteiger partial charge < -0.3 is 5.32 Å². The molecule has 1 amide bonds. The van der Waals surface area contributed by atoms with E-state index in [0.717, 1.165) is 21.2 Å². The van der Waals surface area contributed by atoms with Crippen LogP contribution in [-0.4, -0.2) is 25.5 Å². The second kappa shape index (κ2) is 6.50. The molecule has 0 atom stereocenters. The van der Waals surface area contributed by atoms with Crippen LogP contribution >= 0.6 is 22.7 Å². The predicted octanol–water partition coefficient (Wildman–Crippen LogP) is 2.77. The average Bonchev–Trinajstić information content (AvgIpc) is 3.33. The molecule has 120 valence electrons. The standard InChI is InChI=1S/C16H13N5OS2/c22-15(8-11-10-24-16(18-11)12-4-3-7-23-12)17-9-14-20-19-13-5-1-2-6-21(13)14/h1-7,10H,8-9H2,(H,17,22). The lowest BCUT2D eigenvalue weighted by Crippen LogP contribution is -2.25. The summed E-state index contributed by atoms with van der Waals surface area (Å²) >= 11 is 3.21. The summed E-state index contributed by atoms with van der Waals surface area (Å²) in [6.45, 7) is 0.339. The molecule has 24 heavy (non-hydrogen) atoms. The summed E-state index contributed by atoms with van der Waals surface area (Å²) in [5.41, 5.74) is 1.55. The number of fused-ring (bicyclic) bond motifs is 1. The Morgan fingerprint density at radius 3 is 3.00 bits per heavy atom. The van der Waals surface area contributed by atoms with E-state index in [4.69, 9.17) is 0 Å². The Morgan fingerprint density at radius 1 is 1.17 bits per heavy atom. The second-order valence-corrected chi connectivity index (χ2v) is 6.93. The third-order valence-electron chi connectivity index (χ3n) is 3.45. The number of amides is 1. The molecular weight excluding hydrogens is 342 g/mol. The summed E-state index contributed by atoms with van der Waals surface area (Å²) in [4.78, 5) is 17.8. The molecule has 0 fully saturated rings. The maximum Gasteiger partial charge on any atom is 0.226 e. The first-order chi connectivity index (χ1) is 11.8. The highest BCUT2D eigenvalue weighted by Crippen LogP contribution is 2.27.